The number of benzene rings is 2. The molecule has 0 aliphatic rings. The van der Waals surface area contributed by atoms with Crippen molar-refractivity contribution in [3.05, 3.63) is 59.5 Å². The molecule has 0 saturated heterocycles. The SMILES string of the molecule is COc1ccc2oc(-c3noc(COc4cccc(C)c4)n3)c(C)c2c1. The molecule has 0 N–H and O–H groups in total. The molecule has 0 spiro atoms. The summed E-state index contributed by atoms with van der Waals surface area (Å²) in [5.41, 5.74) is 2.81. The third kappa shape index (κ3) is 3.01. The molecule has 0 bridgehead atoms. The Morgan fingerprint density at radius 3 is 2.73 bits per heavy atom. The number of hydrogen-bond acceptors (Lipinski definition) is 6. The number of nitrogens with zero attached hydrogens (tertiary/aromatic N) is 2. The summed E-state index contributed by atoms with van der Waals surface area (Å²) in [5, 5.41) is 4.98. The zero-order valence-corrected chi connectivity index (χ0v) is 14.8. The number of hydrogen-bond donors (Lipinski definition) is 0. The first-order chi connectivity index (χ1) is 12.6. The van der Waals surface area contributed by atoms with Gasteiger partial charge in [0.1, 0.15) is 17.1 Å². The van der Waals surface area contributed by atoms with Gasteiger partial charge in [-0.05, 0) is 49.7 Å². The number of furan rings is 1. The first-order valence-electron chi connectivity index (χ1n) is 8.23. The minimum Gasteiger partial charge on any atom is -0.497 e. The van der Waals surface area contributed by atoms with E-state index in [2.05, 4.69) is 10.1 Å². The molecular formula is C20H18N2O4. The average molecular weight is 350 g/mol. The van der Waals surface area contributed by atoms with Crippen molar-refractivity contribution in [1.29, 1.82) is 0 Å². The highest BCUT2D eigenvalue weighted by Gasteiger charge is 2.18. The normalized spacial score (nSPS) is 11.0. The fourth-order valence-corrected chi connectivity index (χ4v) is 2.80. The predicted octanol–water partition coefficient (Wildman–Crippen LogP) is 4.69. The van der Waals surface area contributed by atoms with E-state index in [1.165, 1.54) is 0 Å². The van der Waals surface area contributed by atoms with Gasteiger partial charge in [-0.15, -0.1) is 0 Å². The molecule has 2 aromatic heterocycles. The van der Waals surface area contributed by atoms with Gasteiger partial charge in [-0.25, -0.2) is 0 Å². The van der Waals surface area contributed by atoms with Crippen molar-refractivity contribution in [1.82, 2.24) is 10.1 Å². The molecule has 0 unspecified atom stereocenters. The third-order valence-electron chi connectivity index (χ3n) is 4.17. The molecule has 4 aromatic rings. The molecule has 0 radical (unpaired) electrons. The van der Waals surface area contributed by atoms with Crippen LogP contribution in [-0.4, -0.2) is 17.3 Å². The molecule has 0 aliphatic heterocycles. The largest absolute Gasteiger partial charge is 0.497 e. The van der Waals surface area contributed by atoms with Crippen molar-refractivity contribution in [2.24, 2.45) is 0 Å². The monoisotopic (exact) mass is 350 g/mol. The zero-order valence-electron chi connectivity index (χ0n) is 14.8. The van der Waals surface area contributed by atoms with Gasteiger partial charge in [-0.1, -0.05) is 17.3 Å². The van der Waals surface area contributed by atoms with Crippen LogP contribution >= 0.6 is 0 Å². The fourth-order valence-electron chi connectivity index (χ4n) is 2.80. The molecular weight excluding hydrogens is 332 g/mol. The molecule has 6 heteroatoms. The van der Waals surface area contributed by atoms with Crippen molar-refractivity contribution in [2.75, 3.05) is 7.11 Å². The number of aromatic nitrogens is 2. The lowest BCUT2D eigenvalue weighted by atomic mass is 10.1. The zero-order chi connectivity index (χ0) is 18.1. The van der Waals surface area contributed by atoms with E-state index in [9.17, 15) is 0 Å². The maximum atomic E-state index is 5.89. The summed E-state index contributed by atoms with van der Waals surface area (Å²) in [4.78, 5) is 4.39. The Labute approximate surface area is 150 Å². The van der Waals surface area contributed by atoms with Gasteiger partial charge in [0.2, 0.25) is 5.82 Å². The number of rotatable bonds is 5. The van der Waals surface area contributed by atoms with E-state index in [4.69, 9.17) is 18.4 Å². The lowest BCUT2D eigenvalue weighted by Gasteiger charge is -2.03. The van der Waals surface area contributed by atoms with Crippen LogP contribution in [0.3, 0.4) is 0 Å². The van der Waals surface area contributed by atoms with Crippen molar-refractivity contribution in [3.63, 3.8) is 0 Å². The molecule has 0 amide bonds. The Balaban J connectivity index is 1.57. The van der Waals surface area contributed by atoms with Crippen LogP contribution in [0.1, 0.15) is 17.0 Å². The van der Waals surface area contributed by atoms with Crippen LogP contribution in [-0.2, 0) is 6.61 Å². The van der Waals surface area contributed by atoms with E-state index in [1.54, 1.807) is 7.11 Å². The van der Waals surface area contributed by atoms with E-state index in [1.807, 2.05) is 56.3 Å². The molecule has 132 valence electrons. The van der Waals surface area contributed by atoms with Gasteiger partial charge in [0, 0.05) is 10.9 Å². The first-order valence-corrected chi connectivity index (χ1v) is 8.23. The Bertz CT molecular complexity index is 1060. The van der Waals surface area contributed by atoms with Crippen LogP contribution in [0.15, 0.2) is 51.4 Å². The highest BCUT2D eigenvalue weighted by Crippen LogP contribution is 2.33. The van der Waals surface area contributed by atoms with Gasteiger partial charge in [0.05, 0.1) is 7.11 Å². The van der Waals surface area contributed by atoms with Crippen LogP contribution in [0.4, 0.5) is 0 Å². The maximum Gasteiger partial charge on any atom is 0.264 e. The Hall–Kier alpha value is -3.28. The van der Waals surface area contributed by atoms with Crippen molar-refractivity contribution in [3.8, 4) is 23.1 Å². The summed E-state index contributed by atoms with van der Waals surface area (Å²) >= 11 is 0. The number of ether oxygens (including phenoxy) is 2. The molecule has 0 aliphatic carbocycles. The molecule has 2 heterocycles. The molecule has 2 aromatic carbocycles. The van der Waals surface area contributed by atoms with Gasteiger partial charge in [-0.3, -0.25) is 0 Å². The maximum absolute atomic E-state index is 5.89. The third-order valence-corrected chi connectivity index (χ3v) is 4.17. The van der Waals surface area contributed by atoms with Crippen molar-refractivity contribution < 1.29 is 18.4 Å². The lowest BCUT2D eigenvalue weighted by molar-refractivity contribution is 0.243. The van der Waals surface area contributed by atoms with Gasteiger partial charge in [0.25, 0.3) is 5.89 Å². The molecule has 26 heavy (non-hydrogen) atoms. The van der Waals surface area contributed by atoms with Gasteiger partial charge < -0.3 is 18.4 Å². The minimum absolute atomic E-state index is 0.198. The Kier molecular flexibility index (Phi) is 4.08. The van der Waals surface area contributed by atoms with E-state index in [0.29, 0.717) is 17.5 Å². The van der Waals surface area contributed by atoms with Crippen LogP contribution in [0.5, 0.6) is 11.5 Å². The molecule has 0 saturated carbocycles. The van der Waals surface area contributed by atoms with E-state index in [-0.39, 0.29) is 6.61 Å². The second-order valence-electron chi connectivity index (χ2n) is 6.04. The quantitative estimate of drug-likeness (QED) is 0.520. The van der Waals surface area contributed by atoms with Crippen molar-refractivity contribution in [2.45, 2.75) is 20.5 Å². The summed E-state index contributed by atoms with van der Waals surface area (Å²) in [6, 6.07) is 13.4. The molecule has 0 atom stereocenters. The average Bonchev–Trinajstić information content (AvgIpc) is 3.24. The standard InChI is InChI=1S/C20H18N2O4/c1-12-5-4-6-15(9-12)24-11-18-21-20(22-26-18)19-13(2)16-10-14(23-3)7-8-17(16)25-19/h4-10H,11H2,1-3H3. The molecule has 6 nitrogen and oxygen atoms in total. The second-order valence-corrected chi connectivity index (χ2v) is 6.04. The summed E-state index contributed by atoms with van der Waals surface area (Å²) in [6.45, 7) is 4.17. The van der Waals surface area contributed by atoms with Gasteiger partial charge >= 0.3 is 0 Å². The topological polar surface area (TPSA) is 70.5 Å². The summed E-state index contributed by atoms with van der Waals surface area (Å²) in [6.07, 6.45) is 0. The first kappa shape index (κ1) is 16.2. The van der Waals surface area contributed by atoms with Crippen LogP contribution in [0.2, 0.25) is 0 Å². The van der Waals surface area contributed by atoms with Crippen LogP contribution < -0.4 is 9.47 Å². The fraction of sp³-hybridized carbons (Fsp3) is 0.200. The minimum atomic E-state index is 0.198. The van der Waals surface area contributed by atoms with E-state index < -0.39 is 0 Å². The second kappa shape index (κ2) is 6.55. The number of aryl methyl sites for hydroxylation is 2. The van der Waals surface area contributed by atoms with Crippen LogP contribution in [0, 0.1) is 13.8 Å². The number of methoxy groups -OCH3 is 1. The highest BCUT2D eigenvalue weighted by molar-refractivity contribution is 5.87. The summed E-state index contributed by atoms with van der Waals surface area (Å²) in [7, 11) is 1.64. The van der Waals surface area contributed by atoms with E-state index in [0.717, 1.165) is 33.6 Å². The molecule has 4 rings (SSSR count). The van der Waals surface area contributed by atoms with E-state index >= 15 is 0 Å². The van der Waals surface area contributed by atoms with Gasteiger partial charge in [-0.2, -0.15) is 4.98 Å². The summed E-state index contributed by atoms with van der Waals surface area (Å²) < 4.78 is 22.2. The Morgan fingerprint density at radius 1 is 1.04 bits per heavy atom. The predicted molar refractivity (Wildman–Crippen MR) is 96.3 cm³/mol. The molecule has 0 fully saturated rings. The number of fused-ring (bicyclic) bond motifs is 1. The smallest absolute Gasteiger partial charge is 0.264 e. The van der Waals surface area contributed by atoms with Crippen LogP contribution in [0.25, 0.3) is 22.6 Å². The van der Waals surface area contributed by atoms with Crippen molar-refractivity contribution >= 4 is 11.0 Å². The summed E-state index contributed by atoms with van der Waals surface area (Å²) in [5.74, 6) is 2.91. The highest BCUT2D eigenvalue weighted by atomic mass is 16.5. The Morgan fingerprint density at radius 2 is 1.92 bits per heavy atom. The lowest BCUT2D eigenvalue weighted by Crippen LogP contribution is -1.95. The van der Waals surface area contributed by atoms with Gasteiger partial charge in [0.15, 0.2) is 12.4 Å².